The lowest BCUT2D eigenvalue weighted by Gasteiger charge is -1.99. The normalized spacial score (nSPS) is 10.5. The molecule has 0 saturated heterocycles. The molecule has 0 unspecified atom stereocenters. The standard InChI is InChI=1S/C11H10O3S/c1-14-8-2-3-9-7(4-11(12)13)6-15-10(9)5-8/h2-3,5-6H,4H2,1H3,(H,12,13). The average molecular weight is 222 g/mol. The lowest BCUT2D eigenvalue weighted by molar-refractivity contribution is -0.136. The second-order valence-corrected chi connectivity index (χ2v) is 4.10. The van der Waals surface area contributed by atoms with Crippen LogP contribution in [0.15, 0.2) is 23.6 Å². The van der Waals surface area contributed by atoms with Crippen molar-refractivity contribution in [2.24, 2.45) is 0 Å². The van der Waals surface area contributed by atoms with E-state index in [9.17, 15) is 4.79 Å². The van der Waals surface area contributed by atoms with Crippen LogP contribution in [0.1, 0.15) is 5.56 Å². The molecule has 0 aliphatic carbocycles. The smallest absolute Gasteiger partial charge is 0.307 e. The third kappa shape index (κ3) is 1.94. The van der Waals surface area contributed by atoms with Gasteiger partial charge in [0.25, 0.3) is 0 Å². The van der Waals surface area contributed by atoms with E-state index in [-0.39, 0.29) is 6.42 Å². The predicted molar refractivity (Wildman–Crippen MR) is 59.7 cm³/mol. The van der Waals surface area contributed by atoms with E-state index in [0.717, 1.165) is 21.4 Å². The van der Waals surface area contributed by atoms with Crippen molar-refractivity contribution in [3.63, 3.8) is 0 Å². The van der Waals surface area contributed by atoms with Crippen LogP contribution >= 0.6 is 11.3 Å². The van der Waals surface area contributed by atoms with E-state index in [1.807, 2.05) is 23.6 Å². The topological polar surface area (TPSA) is 46.5 Å². The van der Waals surface area contributed by atoms with Crippen LogP contribution in [0.4, 0.5) is 0 Å². The Hall–Kier alpha value is -1.55. The van der Waals surface area contributed by atoms with Crippen LogP contribution in [-0.4, -0.2) is 18.2 Å². The summed E-state index contributed by atoms with van der Waals surface area (Å²) in [7, 11) is 1.62. The Morgan fingerprint density at radius 3 is 3.00 bits per heavy atom. The molecule has 0 aliphatic heterocycles. The molecule has 1 N–H and O–H groups in total. The Morgan fingerprint density at radius 2 is 2.33 bits per heavy atom. The highest BCUT2D eigenvalue weighted by atomic mass is 32.1. The van der Waals surface area contributed by atoms with Gasteiger partial charge in [-0.1, -0.05) is 0 Å². The molecule has 1 aromatic carbocycles. The van der Waals surface area contributed by atoms with E-state index >= 15 is 0 Å². The number of carboxylic acids is 1. The highest BCUT2D eigenvalue weighted by molar-refractivity contribution is 7.17. The van der Waals surface area contributed by atoms with Gasteiger partial charge in [0, 0.05) is 4.70 Å². The second-order valence-electron chi connectivity index (χ2n) is 3.19. The molecule has 1 heterocycles. The summed E-state index contributed by atoms with van der Waals surface area (Å²) >= 11 is 1.54. The highest BCUT2D eigenvalue weighted by Gasteiger charge is 2.08. The van der Waals surface area contributed by atoms with Gasteiger partial charge in [0.1, 0.15) is 5.75 Å². The molecule has 4 heteroatoms. The zero-order chi connectivity index (χ0) is 10.8. The number of carboxylic acid groups (broad SMARTS) is 1. The first-order chi connectivity index (χ1) is 7.20. The highest BCUT2D eigenvalue weighted by Crippen LogP contribution is 2.29. The number of ether oxygens (including phenoxy) is 1. The molecule has 0 saturated carbocycles. The molecule has 1 aromatic heterocycles. The Balaban J connectivity index is 2.47. The van der Waals surface area contributed by atoms with Gasteiger partial charge in [-0.2, -0.15) is 0 Å². The SMILES string of the molecule is COc1ccc2c(CC(=O)O)csc2c1. The lowest BCUT2D eigenvalue weighted by Crippen LogP contribution is -1.98. The van der Waals surface area contributed by atoms with E-state index in [4.69, 9.17) is 9.84 Å². The van der Waals surface area contributed by atoms with Crippen LogP contribution in [0.5, 0.6) is 5.75 Å². The minimum absolute atomic E-state index is 0.0757. The average Bonchev–Trinajstić information content (AvgIpc) is 2.60. The van der Waals surface area contributed by atoms with Crippen LogP contribution in [0.25, 0.3) is 10.1 Å². The fourth-order valence-corrected chi connectivity index (χ4v) is 2.48. The van der Waals surface area contributed by atoms with Gasteiger partial charge in [0.05, 0.1) is 13.5 Å². The van der Waals surface area contributed by atoms with Gasteiger partial charge in [0.2, 0.25) is 0 Å². The molecule has 3 nitrogen and oxygen atoms in total. The van der Waals surface area contributed by atoms with Crippen molar-refractivity contribution in [2.75, 3.05) is 7.11 Å². The molecule has 2 rings (SSSR count). The number of carbonyl (C=O) groups is 1. The second kappa shape index (κ2) is 3.90. The van der Waals surface area contributed by atoms with Crippen molar-refractivity contribution in [3.8, 4) is 5.75 Å². The maximum atomic E-state index is 10.6. The minimum atomic E-state index is -0.800. The molecule has 0 spiro atoms. The lowest BCUT2D eigenvalue weighted by atomic mass is 10.1. The summed E-state index contributed by atoms with van der Waals surface area (Å²) < 4.78 is 6.16. The minimum Gasteiger partial charge on any atom is -0.497 e. The molecule has 15 heavy (non-hydrogen) atoms. The Kier molecular flexibility index (Phi) is 2.60. The molecule has 0 aliphatic rings. The fourth-order valence-electron chi connectivity index (χ4n) is 1.49. The third-order valence-electron chi connectivity index (χ3n) is 2.20. The summed E-state index contributed by atoms with van der Waals surface area (Å²) in [6, 6.07) is 5.68. The first kappa shape index (κ1) is 9.98. The summed E-state index contributed by atoms with van der Waals surface area (Å²) in [6.07, 6.45) is 0.0757. The van der Waals surface area contributed by atoms with Crippen molar-refractivity contribution in [1.29, 1.82) is 0 Å². The summed E-state index contributed by atoms with van der Waals surface area (Å²) in [5, 5.41) is 11.6. The summed E-state index contributed by atoms with van der Waals surface area (Å²) in [6.45, 7) is 0. The van der Waals surface area contributed by atoms with E-state index in [0.29, 0.717) is 0 Å². The molecular weight excluding hydrogens is 212 g/mol. The molecule has 0 radical (unpaired) electrons. The number of hydrogen-bond donors (Lipinski definition) is 1. The summed E-state index contributed by atoms with van der Waals surface area (Å²) in [5.41, 5.74) is 0.866. The van der Waals surface area contributed by atoms with E-state index < -0.39 is 5.97 Å². The number of rotatable bonds is 3. The molecule has 0 atom stereocenters. The van der Waals surface area contributed by atoms with Gasteiger partial charge in [-0.05, 0) is 34.5 Å². The van der Waals surface area contributed by atoms with Gasteiger partial charge < -0.3 is 9.84 Å². The van der Waals surface area contributed by atoms with Crippen molar-refractivity contribution >= 4 is 27.4 Å². The number of fused-ring (bicyclic) bond motifs is 1. The van der Waals surface area contributed by atoms with Crippen LogP contribution < -0.4 is 4.74 Å². The molecule has 2 aromatic rings. The van der Waals surface area contributed by atoms with Crippen molar-refractivity contribution in [2.45, 2.75) is 6.42 Å². The summed E-state index contributed by atoms with van der Waals surface area (Å²) in [4.78, 5) is 10.6. The monoisotopic (exact) mass is 222 g/mol. The van der Waals surface area contributed by atoms with Crippen molar-refractivity contribution < 1.29 is 14.6 Å². The van der Waals surface area contributed by atoms with Crippen LogP contribution in [0.3, 0.4) is 0 Å². The van der Waals surface area contributed by atoms with E-state index in [2.05, 4.69) is 0 Å². The fraction of sp³-hybridized carbons (Fsp3) is 0.182. The predicted octanol–water partition coefficient (Wildman–Crippen LogP) is 2.54. The quantitative estimate of drug-likeness (QED) is 0.868. The molecule has 0 bridgehead atoms. The molecule has 0 fully saturated rings. The van der Waals surface area contributed by atoms with Gasteiger partial charge >= 0.3 is 5.97 Å². The van der Waals surface area contributed by atoms with Gasteiger partial charge in [0.15, 0.2) is 0 Å². The Morgan fingerprint density at radius 1 is 1.53 bits per heavy atom. The number of hydrogen-bond acceptors (Lipinski definition) is 3. The zero-order valence-electron chi connectivity index (χ0n) is 8.19. The van der Waals surface area contributed by atoms with Gasteiger partial charge in [-0.15, -0.1) is 11.3 Å². The largest absolute Gasteiger partial charge is 0.497 e. The zero-order valence-corrected chi connectivity index (χ0v) is 9.00. The first-order valence-electron chi connectivity index (χ1n) is 4.46. The maximum absolute atomic E-state index is 10.6. The molecular formula is C11H10O3S. The summed E-state index contributed by atoms with van der Waals surface area (Å²) in [5.74, 6) is -0.00302. The maximum Gasteiger partial charge on any atom is 0.307 e. The van der Waals surface area contributed by atoms with Crippen LogP contribution in [0.2, 0.25) is 0 Å². The molecule has 0 amide bonds. The third-order valence-corrected chi connectivity index (χ3v) is 3.20. The van der Waals surface area contributed by atoms with E-state index in [1.165, 1.54) is 0 Å². The van der Waals surface area contributed by atoms with E-state index in [1.54, 1.807) is 18.4 Å². The van der Waals surface area contributed by atoms with Gasteiger partial charge in [-0.3, -0.25) is 4.79 Å². The number of aliphatic carboxylic acids is 1. The molecule has 78 valence electrons. The number of benzene rings is 1. The number of thiophene rings is 1. The van der Waals surface area contributed by atoms with Crippen molar-refractivity contribution in [1.82, 2.24) is 0 Å². The van der Waals surface area contributed by atoms with Crippen molar-refractivity contribution in [3.05, 3.63) is 29.1 Å². The van der Waals surface area contributed by atoms with Crippen LogP contribution in [-0.2, 0) is 11.2 Å². The van der Waals surface area contributed by atoms with Crippen LogP contribution in [0, 0.1) is 0 Å². The van der Waals surface area contributed by atoms with Gasteiger partial charge in [-0.25, -0.2) is 0 Å². The first-order valence-corrected chi connectivity index (χ1v) is 5.34. The number of methoxy groups -OCH3 is 1. The Bertz CT molecular complexity index is 502. The Labute approximate surface area is 90.9 Å².